The number of piperidine rings is 2. The predicted molar refractivity (Wildman–Crippen MR) is 153 cm³/mol. The normalized spacial score (nSPS) is 18.1. The van der Waals surface area contributed by atoms with Crippen molar-refractivity contribution in [2.45, 2.75) is 53.4 Å². The standard InChI is InChI=1S/C28H40BN6O6/c1-19(2)27(23(36)38-5)7-11-34(12-8-27)25-30-15-21(16-31-25)40-29-41-22-17-32-26(33-18-22)35-13-9-28(10-14-35,20(3)4)24(37)39-6/h15-20H,7-14H2,1-6H3. The zero-order valence-corrected chi connectivity index (χ0v) is 24.8. The van der Waals surface area contributed by atoms with E-state index in [4.69, 9.17) is 18.8 Å². The number of hydrogen-bond donors (Lipinski definition) is 0. The molecule has 2 fully saturated rings. The minimum Gasteiger partial charge on any atom is -0.524 e. The van der Waals surface area contributed by atoms with Gasteiger partial charge in [0, 0.05) is 26.2 Å². The topological polar surface area (TPSA) is 129 Å². The average molecular weight is 567 g/mol. The molecule has 2 aliphatic heterocycles. The molecule has 0 amide bonds. The van der Waals surface area contributed by atoms with Gasteiger partial charge in [-0.1, -0.05) is 27.7 Å². The van der Waals surface area contributed by atoms with E-state index < -0.39 is 10.8 Å². The van der Waals surface area contributed by atoms with E-state index in [0.29, 0.717) is 75.3 Å². The van der Waals surface area contributed by atoms with Gasteiger partial charge in [-0.2, -0.15) is 0 Å². The lowest BCUT2D eigenvalue weighted by Crippen LogP contribution is -2.48. The summed E-state index contributed by atoms with van der Waals surface area (Å²) in [5, 5.41) is 0. The highest BCUT2D eigenvalue weighted by molar-refractivity contribution is 6.20. The van der Waals surface area contributed by atoms with Crippen LogP contribution >= 0.6 is 0 Å². The quantitative estimate of drug-likeness (QED) is 0.309. The highest BCUT2D eigenvalue weighted by Crippen LogP contribution is 2.41. The molecule has 13 heteroatoms. The predicted octanol–water partition coefficient (Wildman–Crippen LogP) is 3.09. The van der Waals surface area contributed by atoms with Crippen molar-refractivity contribution in [3.8, 4) is 11.5 Å². The zero-order valence-electron chi connectivity index (χ0n) is 24.8. The van der Waals surface area contributed by atoms with Gasteiger partial charge in [-0.25, -0.2) is 19.9 Å². The van der Waals surface area contributed by atoms with Crippen LogP contribution in [0.2, 0.25) is 0 Å². The number of carbonyl (C=O) groups excluding carboxylic acids is 2. The Hall–Kier alpha value is -3.64. The first-order chi connectivity index (χ1) is 19.6. The summed E-state index contributed by atoms with van der Waals surface area (Å²) in [6.07, 6.45) is 9.05. The number of rotatable bonds is 10. The largest absolute Gasteiger partial charge is 0.658 e. The van der Waals surface area contributed by atoms with Gasteiger partial charge in [0.1, 0.15) is 11.5 Å². The Kier molecular flexibility index (Phi) is 9.55. The van der Waals surface area contributed by atoms with E-state index in [1.54, 1.807) is 24.8 Å². The van der Waals surface area contributed by atoms with E-state index in [1.165, 1.54) is 21.9 Å². The molecule has 0 bridgehead atoms. The first-order valence-electron chi connectivity index (χ1n) is 14.1. The molecule has 2 aromatic rings. The Morgan fingerprint density at radius 3 is 1.27 bits per heavy atom. The van der Waals surface area contributed by atoms with E-state index >= 15 is 0 Å². The number of methoxy groups -OCH3 is 2. The van der Waals surface area contributed by atoms with Crippen LogP contribution in [0.3, 0.4) is 0 Å². The summed E-state index contributed by atoms with van der Waals surface area (Å²) in [7, 11) is 4.08. The van der Waals surface area contributed by atoms with Gasteiger partial charge in [-0.05, 0) is 37.5 Å². The van der Waals surface area contributed by atoms with E-state index in [1.807, 2.05) is 0 Å². The van der Waals surface area contributed by atoms with E-state index in [-0.39, 0.29) is 23.8 Å². The molecule has 0 unspecified atom stereocenters. The maximum Gasteiger partial charge on any atom is 0.658 e. The van der Waals surface area contributed by atoms with E-state index in [9.17, 15) is 9.59 Å². The second kappa shape index (κ2) is 12.9. The maximum atomic E-state index is 12.5. The molecule has 1 radical (unpaired) electrons. The molecule has 0 saturated carbocycles. The summed E-state index contributed by atoms with van der Waals surface area (Å²) in [6, 6.07) is 0. The molecule has 221 valence electrons. The molecule has 0 spiro atoms. The molecule has 0 aromatic carbocycles. The molecule has 4 heterocycles. The Bertz CT molecular complexity index is 1070. The molecule has 2 saturated heterocycles. The van der Waals surface area contributed by atoms with Gasteiger partial charge in [0.25, 0.3) is 0 Å². The molecule has 4 rings (SSSR count). The highest BCUT2D eigenvalue weighted by Gasteiger charge is 2.46. The monoisotopic (exact) mass is 567 g/mol. The van der Waals surface area contributed by atoms with Crippen LogP contribution in [0.25, 0.3) is 0 Å². The zero-order chi connectivity index (χ0) is 29.6. The molecule has 0 aliphatic carbocycles. The van der Waals surface area contributed by atoms with Crippen LogP contribution < -0.4 is 19.1 Å². The lowest BCUT2D eigenvalue weighted by atomic mass is 9.70. The van der Waals surface area contributed by atoms with Gasteiger partial charge >= 0.3 is 19.6 Å². The van der Waals surface area contributed by atoms with Crippen LogP contribution in [-0.2, 0) is 19.1 Å². The average Bonchev–Trinajstić information content (AvgIpc) is 3.00. The number of anilines is 2. The van der Waals surface area contributed by atoms with E-state index in [2.05, 4.69) is 57.4 Å². The Morgan fingerprint density at radius 2 is 1.00 bits per heavy atom. The van der Waals surface area contributed by atoms with Crippen LogP contribution in [0.4, 0.5) is 11.9 Å². The van der Waals surface area contributed by atoms with Crippen molar-refractivity contribution in [2.75, 3.05) is 50.2 Å². The van der Waals surface area contributed by atoms with Gasteiger partial charge in [0.15, 0.2) is 0 Å². The lowest BCUT2D eigenvalue weighted by Gasteiger charge is -2.42. The Balaban J connectivity index is 1.24. The Morgan fingerprint density at radius 1 is 0.683 bits per heavy atom. The highest BCUT2D eigenvalue weighted by atomic mass is 16.6. The lowest BCUT2D eigenvalue weighted by molar-refractivity contribution is -0.158. The molecule has 12 nitrogen and oxygen atoms in total. The third-order valence-electron chi connectivity index (χ3n) is 8.87. The van der Waals surface area contributed by atoms with Crippen LogP contribution in [0, 0.1) is 22.7 Å². The molecule has 0 N–H and O–H groups in total. The van der Waals surface area contributed by atoms with Gasteiger partial charge in [0.2, 0.25) is 11.9 Å². The minimum atomic E-state index is -0.472. The first kappa shape index (κ1) is 30.3. The van der Waals surface area contributed by atoms with Crippen molar-refractivity contribution in [1.82, 2.24) is 19.9 Å². The van der Waals surface area contributed by atoms with Crippen molar-refractivity contribution in [3.05, 3.63) is 24.8 Å². The summed E-state index contributed by atoms with van der Waals surface area (Å²) in [5.74, 6) is 2.09. The summed E-state index contributed by atoms with van der Waals surface area (Å²) in [6.45, 7) is 10.9. The van der Waals surface area contributed by atoms with Gasteiger partial charge in [-0.3, -0.25) is 9.59 Å². The molecule has 2 aliphatic rings. The second-order valence-electron chi connectivity index (χ2n) is 11.3. The van der Waals surface area contributed by atoms with Crippen molar-refractivity contribution >= 4 is 31.5 Å². The van der Waals surface area contributed by atoms with Gasteiger partial charge in [0.05, 0.1) is 49.8 Å². The third-order valence-corrected chi connectivity index (χ3v) is 8.87. The van der Waals surface area contributed by atoms with Gasteiger partial charge < -0.3 is 28.6 Å². The summed E-state index contributed by atoms with van der Waals surface area (Å²) < 4.78 is 21.2. The Labute approximate surface area is 242 Å². The van der Waals surface area contributed by atoms with Crippen molar-refractivity contribution in [3.63, 3.8) is 0 Å². The summed E-state index contributed by atoms with van der Waals surface area (Å²) in [5.41, 5.74) is -0.944. The number of ether oxygens (including phenoxy) is 2. The summed E-state index contributed by atoms with van der Waals surface area (Å²) >= 11 is 0. The first-order valence-corrected chi connectivity index (χ1v) is 14.1. The van der Waals surface area contributed by atoms with Crippen LogP contribution in [0.5, 0.6) is 11.5 Å². The number of hydrogen-bond acceptors (Lipinski definition) is 12. The van der Waals surface area contributed by atoms with E-state index in [0.717, 1.165) is 0 Å². The van der Waals surface area contributed by atoms with Crippen LogP contribution in [-0.4, -0.2) is 80.0 Å². The fourth-order valence-corrected chi connectivity index (χ4v) is 5.85. The summed E-state index contributed by atoms with van der Waals surface area (Å²) in [4.78, 5) is 46.7. The van der Waals surface area contributed by atoms with Crippen molar-refractivity contribution < 1.29 is 28.4 Å². The SMILES string of the molecule is COC(=O)C1(C(C)C)CCN(c2ncc(O[B]Oc3cnc(N4CCC(C(=O)OC)(C(C)C)CC4)nc3)cn2)CC1. The molecule has 41 heavy (non-hydrogen) atoms. The fraction of sp³-hybridized carbons (Fsp3) is 0.643. The molecular weight excluding hydrogens is 527 g/mol. The van der Waals surface area contributed by atoms with Gasteiger partial charge in [-0.15, -0.1) is 0 Å². The maximum absolute atomic E-state index is 12.5. The second-order valence-corrected chi connectivity index (χ2v) is 11.3. The van der Waals surface area contributed by atoms with Crippen molar-refractivity contribution in [1.29, 1.82) is 0 Å². The molecule has 2 aromatic heterocycles. The smallest absolute Gasteiger partial charge is 0.524 e. The minimum absolute atomic E-state index is 0.146. The fourth-order valence-electron chi connectivity index (χ4n) is 5.85. The van der Waals surface area contributed by atoms with Crippen molar-refractivity contribution in [2.24, 2.45) is 22.7 Å². The number of esters is 2. The van der Waals surface area contributed by atoms with Crippen LogP contribution in [0.1, 0.15) is 53.4 Å². The molecular formula is C28H40BN6O6. The number of nitrogens with zero attached hydrogens (tertiary/aromatic N) is 6. The number of aromatic nitrogens is 4. The number of carbonyl (C=O) groups is 2. The third kappa shape index (κ3) is 6.33. The van der Waals surface area contributed by atoms with Crippen LogP contribution in [0.15, 0.2) is 24.8 Å². The molecule has 0 atom stereocenters.